The Morgan fingerprint density at radius 2 is 1.71 bits per heavy atom. The van der Waals surface area contributed by atoms with Gasteiger partial charge in [-0.05, 0) is 94.9 Å². The lowest BCUT2D eigenvalue weighted by molar-refractivity contribution is -0.244. The van der Waals surface area contributed by atoms with E-state index in [-0.39, 0.29) is 31.2 Å². The van der Waals surface area contributed by atoms with E-state index in [2.05, 4.69) is 25.3 Å². The van der Waals surface area contributed by atoms with Gasteiger partial charge in [-0.1, -0.05) is 39.5 Å². The molecular formula is C46H59F3N6O10S. The Bertz CT molecular complexity index is 2450. The highest BCUT2D eigenvalue weighted by Crippen LogP contribution is 2.49. The normalized spacial score (nSPS) is 27.0. The van der Waals surface area contributed by atoms with Crippen molar-refractivity contribution in [2.45, 2.75) is 139 Å². The number of nitrogens with zero attached hydrogens (tertiary/aromatic N) is 3. The second-order valence-corrected chi connectivity index (χ2v) is 21.2. The Morgan fingerprint density at radius 1 is 0.985 bits per heavy atom. The average molecular weight is 945 g/mol. The SMILES string of the molecule is CC[C@@H]1C[C@H](C)CCCC[C@@H]2C[C@@]2(C(=O)NS(=O)(=O)C2(C)CC2)NC(=O)[C@@H]2C[C@@H](Oc3ncc(-c4ccc(OC)nc4)c4cc(OC)ccc34)CN2C(=O)[C@H]1NC(=O)OC(C)(C)C(F)(F)F. The number of sulfonamides is 1. The number of carbonyl (C=O) groups is 4. The van der Waals surface area contributed by atoms with Crippen LogP contribution in [0.5, 0.6) is 17.5 Å². The van der Waals surface area contributed by atoms with Gasteiger partial charge in [0, 0.05) is 46.8 Å². The number of alkyl carbamates (subject to hydrolysis) is 1. The van der Waals surface area contributed by atoms with Gasteiger partial charge in [0.1, 0.15) is 29.5 Å². The number of carbonyl (C=O) groups excluding carboxylic acids is 4. The van der Waals surface area contributed by atoms with Crippen LogP contribution in [-0.2, 0) is 29.1 Å². The molecule has 3 aromatic rings. The lowest BCUT2D eigenvalue weighted by Crippen LogP contribution is -2.60. The third kappa shape index (κ3) is 9.83. The summed E-state index contributed by atoms with van der Waals surface area (Å²) in [4.78, 5) is 67.6. The molecule has 16 nitrogen and oxygen atoms in total. The van der Waals surface area contributed by atoms with Gasteiger partial charge in [-0.3, -0.25) is 19.1 Å². The molecule has 4 fully saturated rings. The molecule has 0 radical (unpaired) electrons. The Balaban J connectivity index is 1.26. The van der Waals surface area contributed by atoms with Crippen LogP contribution in [0.2, 0.25) is 0 Å². The summed E-state index contributed by atoms with van der Waals surface area (Å²) in [6, 6.07) is 6.05. The summed E-state index contributed by atoms with van der Waals surface area (Å²) < 4.78 is 91.8. The molecule has 2 saturated heterocycles. The molecule has 2 aliphatic heterocycles. The van der Waals surface area contributed by atoms with Crippen LogP contribution in [0.15, 0.2) is 42.7 Å². The van der Waals surface area contributed by atoms with Gasteiger partial charge in [-0.15, -0.1) is 0 Å². The number of halogens is 3. The van der Waals surface area contributed by atoms with E-state index in [1.54, 1.807) is 43.6 Å². The van der Waals surface area contributed by atoms with E-state index in [0.29, 0.717) is 98.7 Å². The highest BCUT2D eigenvalue weighted by atomic mass is 32.2. The number of benzene rings is 1. The molecule has 2 aromatic heterocycles. The Kier molecular flexibility index (Phi) is 13.5. The summed E-state index contributed by atoms with van der Waals surface area (Å²) in [7, 11) is -1.05. The van der Waals surface area contributed by atoms with E-state index in [9.17, 15) is 36.0 Å². The first-order valence-corrected chi connectivity index (χ1v) is 23.9. The van der Waals surface area contributed by atoms with Gasteiger partial charge in [0.15, 0.2) is 0 Å². The summed E-state index contributed by atoms with van der Waals surface area (Å²) in [5.41, 5.74) is -3.08. The number of rotatable bonds is 11. The zero-order chi connectivity index (χ0) is 48.0. The molecule has 3 N–H and O–H groups in total. The summed E-state index contributed by atoms with van der Waals surface area (Å²) in [5.74, 6) is -2.26. The molecular weight excluding hydrogens is 886 g/mol. The molecule has 66 heavy (non-hydrogen) atoms. The van der Waals surface area contributed by atoms with E-state index in [0.717, 1.165) is 0 Å². The van der Waals surface area contributed by atoms with Gasteiger partial charge in [0.25, 0.3) is 5.91 Å². The standard InChI is InChI=1S/C46H59F3N6O10S/c1-8-27-19-26(2)11-9-10-12-29-22-45(29,41(58)54-66(60,61)44(5)17-18-44)53-38(56)35-21-31(25-55(35)40(57)37(27)52-42(59)65-43(3,4)46(47,48)49)64-39-32-15-14-30(62-6)20-33(32)34(24-51-39)28-13-16-36(63-7)50-23-28/h13-16,20,23-24,26-27,29,31,35,37H,8-12,17-19,21-22,25H2,1-7H3,(H,52,59)(H,53,56)(H,54,58)/t26-,27-,29-,31-,35+,37+,45-/m1/s1. The molecule has 0 bridgehead atoms. The lowest BCUT2D eigenvalue weighted by Gasteiger charge is -2.35. The number of methoxy groups -OCH3 is 2. The quantitative estimate of drug-likeness (QED) is 0.186. The van der Waals surface area contributed by atoms with Gasteiger partial charge < -0.3 is 34.5 Å². The van der Waals surface area contributed by atoms with E-state index < -0.39 is 85.9 Å². The molecule has 20 heteroatoms. The minimum Gasteiger partial charge on any atom is -0.497 e. The fourth-order valence-corrected chi connectivity index (χ4v) is 10.5. The van der Waals surface area contributed by atoms with Gasteiger partial charge in [-0.25, -0.2) is 23.2 Å². The molecule has 360 valence electrons. The van der Waals surface area contributed by atoms with E-state index in [1.807, 2.05) is 19.9 Å². The van der Waals surface area contributed by atoms with Crippen molar-refractivity contribution in [2.75, 3.05) is 20.8 Å². The molecule has 4 heterocycles. The van der Waals surface area contributed by atoms with Crippen LogP contribution < -0.4 is 29.6 Å². The minimum atomic E-state index is -4.93. The van der Waals surface area contributed by atoms with Gasteiger partial charge in [0.2, 0.25) is 39.2 Å². The van der Waals surface area contributed by atoms with Gasteiger partial charge >= 0.3 is 12.3 Å². The Morgan fingerprint density at radius 3 is 2.35 bits per heavy atom. The molecule has 4 aliphatic rings. The fraction of sp³-hybridized carbons (Fsp3) is 0.609. The first kappa shape index (κ1) is 48.5. The third-order valence-corrected chi connectivity index (χ3v) is 16.1. The van der Waals surface area contributed by atoms with Gasteiger partial charge in [-0.2, -0.15) is 13.2 Å². The monoisotopic (exact) mass is 944 g/mol. The number of aromatic nitrogens is 2. The van der Waals surface area contributed by atoms with E-state index >= 15 is 4.79 Å². The van der Waals surface area contributed by atoms with Crippen LogP contribution in [0.25, 0.3) is 21.9 Å². The Hall–Kier alpha value is -5.40. The van der Waals surface area contributed by atoms with Crippen molar-refractivity contribution in [1.29, 1.82) is 0 Å². The lowest BCUT2D eigenvalue weighted by atomic mass is 9.84. The van der Waals surface area contributed by atoms with E-state index in [1.165, 1.54) is 19.1 Å². The summed E-state index contributed by atoms with van der Waals surface area (Å²) in [6.07, 6.45) is 0.0458. The zero-order valence-corrected chi connectivity index (χ0v) is 39.1. The summed E-state index contributed by atoms with van der Waals surface area (Å²) >= 11 is 0. The minimum absolute atomic E-state index is 0.00337. The smallest absolute Gasteiger partial charge is 0.427 e. The van der Waals surface area contributed by atoms with Gasteiger partial charge in [0.05, 0.1) is 25.5 Å². The van der Waals surface area contributed by atoms with Crippen LogP contribution in [0, 0.1) is 17.8 Å². The van der Waals surface area contributed by atoms with E-state index in [4.69, 9.17) is 18.9 Å². The van der Waals surface area contributed by atoms with Crippen LogP contribution in [0.4, 0.5) is 18.0 Å². The number of hydrogen-bond acceptors (Lipinski definition) is 12. The predicted octanol–water partition coefficient (Wildman–Crippen LogP) is 6.60. The van der Waals surface area contributed by atoms with Crippen LogP contribution in [0.3, 0.4) is 0 Å². The summed E-state index contributed by atoms with van der Waals surface area (Å²) in [6.45, 7) is 6.52. The Labute approximate surface area is 382 Å². The van der Waals surface area contributed by atoms with Crippen molar-refractivity contribution in [3.05, 3.63) is 42.7 Å². The largest absolute Gasteiger partial charge is 0.497 e. The number of hydrogen-bond donors (Lipinski definition) is 3. The maximum absolute atomic E-state index is 15.1. The number of nitrogens with one attached hydrogen (secondary N) is 3. The number of pyridine rings is 2. The number of ether oxygens (including phenoxy) is 4. The van der Waals surface area contributed by atoms with Crippen molar-refractivity contribution >= 4 is 44.6 Å². The summed E-state index contributed by atoms with van der Waals surface area (Å²) in [5, 5.41) is 6.57. The molecule has 7 atom stereocenters. The predicted molar refractivity (Wildman–Crippen MR) is 236 cm³/mol. The maximum Gasteiger partial charge on any atom is 0.427 e. The van der Waals surface area contributed by atoms with Crippen LogP contribution in [-0.4, -0.2) is 108 Å². The van der Waals surface area contributed by atoms with Crippen molar-refractivity contribution in [1.82, 2.24) is 30.2 Å². The molecule has 2 aliphatic carbocycles. The molecule has 0 spiro atoms. The second kappa shape index (κ2) is 18.4. The van der Waals surface area contributed by atoms with Crippen molar-refractivity contribution in [3.8, 4) is 28.6 Å². The molecule has 1 aromatic carbocycles. The average Bonchev–Trinajstić information content (AvgIpc) is 4.15. The van der Waals surface area contributed by atoms with Crippen molar-refractivity contribution in [3.63, 3.8) is 0 Å². The first-order chi connectivity index (χ1) is 31.0. The molecule has 2 saturated carbocycles. The zero-order valence-electron chi connectivity index (χ0n) is 38.2. The third-order valence-electron chi connectivity index (χ3n) is 13.9. The van der Waals surface area contributed by atoms with Crippen LogP contribution in [0.1, 0.15) is 98.8 Å². The first-order valence-electron chi connectivity index (χ1n) is 22.4. The second-order valence-electron chi connectivity index (χ2n) is 19.0. The molecule has 7 rings (SSSR count). The fourth-order valence-electron chi connectivity index (χ4n) is 9.15. The number of alkyl halides is 3. The topological polar surface area (TPSA) is 204 Å². The number of fused-ring (bicyclic) bond motifs is 3. The molecule has 4 amide bonds. The highest BCUT2D eigenvalue weighted by molar-refractivity contribution is 7.91. The highest BCUT2D eigenvalue weighted by Gasteiger charge is 2.63. The van der Waals surface area contributed by atoms with Crippen molar-refractivity contribution < 1.29 is 59.7 Å². The molecule has 0 unspecified atom stereocenters. The number of amides is 4. The van der Waals surface area contributed by atoms with Crippen LogP contribution >= 0.6 is 0 Å². The van der Waals surface area contributed by atoms with Crippen molar-refractivity contribution in [2.24, 2.45) is 17.8 Å². The maximum atomic E-state index is 15.1.